The Bertz CT molecular complexity index is 3200. The van der Waals surface area contributed by atoms with Crippen molar-refractivity contribution in [3.63, 3.8) is 0 Å². The summed E-state index contributed by atoms with van der Waals surface area (Å²) in [5.74, 6) is 0. The lowest BCUT2D eigenvalue weighted by molar-refractivity contribution is 0.792. The van der Waals surface area contributed by atoms with Crippen molar-refractivity contribution in [2.24, 2.45) is 0 Å². The monoisotopic (exact) mass is 842 g/mol. The third kappa shape index (κ3) is 9.89. The van der Waals surface area contributed by atoms with Crippen LogP contribution in [0, 0.1) is 20.8 Å². The second kappa shape index (κ2) is 19.5. The van der Waals surface area contributed by atoms with Gasteiger partial charge < -0.3 is 9.80 Å². The van der Waals surface area contributed by atoms with E-state index in [1.165, 1.54) is 82.8 Å². The zero-order chi connectivity index (χ0) is 44.7. The van der Waals surface area contributed by atoms with Crippen LogP contribution in [0.2, 0.25) is 0 Å². The van der Waals surface area contributed by atoms with Crippen LogP contribution in [-0.2, 0) is 0 Å². The molecule has 65 heavy (non-hydrogen) atoms. The van der Waals surface area contributed by atoms with Gasteiger partial charge in [-0.1, -0.05) is 192 Å². The molecule has 1 atom stereocenters. The van der Waals surface area contributed by atoms with Crippen molar-refractivity contribution in [3.05, 3.63) is 283 Å². The van der Waals surface area contributed by atoms with Crippen LogP contribution in [0.4, 0.5) is 11.4 Å². The highest BCUT2D eigenvalue weighted by Gasteiger charge is 2.22. The molecule has 0 saturated carbocycles. The highest BCUT2D eigenvalue weighted by molar-refractivity contribution is 5.84. The Morgan fingerprint density at radius 2 is 1.14 bits per heavy atom. The largest absolute Gasteiger partial charge is 0.340 e. The SMILES string of the molecule is CC1=CCC(N(/C=c2\cccc\c2=C(\c2ccccc2)c2cc(C)cc(/C=c3\cccc\c3=C(\c3ccccc3)N(C3=CC=C(C)CC3)c3ccc(C)cc3)c2)c2ccc(C)cc2)C=C1. The second-order valence-corrected chi connectivity index (χ2v) is 17.7. The summed E-state index contributed by atoms with van der Waals surface area (Å²) in [5.41, 5.74) is 17.1. The molecule has 320 valence electrons. The standard InChI is InChI=1S/C63H58N2/c1-45-24-32-56(33-25-45)64(57-34-26-46(2)27-35-57)44-54-21-13-14-22-60(54)62(51-16-8-6-9-17-51)55-41-49(5)40-50(43-55)42-53-20-12-15-23-61(53)63(52-18-10-7-11-19-52)65(58-36-28-47(3)29-37-58)59-38-30-48(4)31-39-59/h6-30,32-34,36-38,40-44,57H,31,35,39H2,1-5H3/b53-42+,54-44+,62-60+,63-61+. The Kier molecular flexibility index (Phi) is 12.9. The number of nitrogens with zero attached hydrogens (tertiary/aromatic N) is 2. The molecule has 2 aliphatic carbocycles. The molecule has 0 fully saturated rings. The van der Waals surface area contributed by atoms with Crippen molar-refractivity contribution < 1.29 is 0 Å². The summed E-state index contributed by atoms with van der Waals surface area (Å²) in [6, 6.07) is 64.8. The van der Waals surface area contributed by atoms with Crippen molar-refractivity contribution in [1.82, 2.24) is 0 Å². The molecular weight excluding hydrogens is 785 g/mol. The second-order valence-electron chi connectivity index (χ2n) is 17.7. The fourth-order valence-electron chi connectivity index (χ4n) is 9.18. The molecule has 2 heteroatoms. The van der Waals surface area contributed by atoms with Crippen molar-refractivity contribution in [1.29, 1.82) is 0 Å². The summed E-state index contributed by atoms with van der Waals surface area (Å²) in [4.78, 5) is 4.95. The van der Waals surface area contributed by atoms with Crippen molar-refractivity contribution in [3.8, 4) is 0 Å². The van der Waals surface area contributed by atoms with Crippen LogP contribution in [0.25, 0.3) is 23.5 Å². The fraction of sp³-hybridized carbons (Fsp3) is 0.143. The number of aryl methyl sites for hydroxylation is 3. The Labute approximate surface area is 385 Å². The van der Waals surface area contributed by atoms with Crippen LogP contribution < -0.4 is 30.7 Å². The van der Waals surface area contributed by atoms with Gasteiger partial charge in [0.1, 0.15) is 0 Å². The first-order valence-electron chi connectivity index (χ1n) is 23.1. The molecule has 9 rings (SSSR count). The van der Waals surface area contributed by atoms with E-state index in [-0.39, 0.29) is 6.04 Å². The maximum absolute atomic E-state index is 2.50. The van der Waals surface area contributed by atoms with E-state index >= 15 is 0 Å². The van der Waals surface area contributed by atoms with Crippen LogP contribution in [-0.4, -0.2) is 6.04 Å². The minimum atomic E-state index is 0.198. The number of hydrogen-bond acceptors (Lipinski definition) is 2. The lowest BCUT2D eigenvalue weighted by Gasteiger charge is -2.32. The van der Waals surface area contributed by atoms with Crippen LogP contribution >= 0.6 is 0 Å². The molecular formula is C63H58N2. The minimum absolute atomic E-state index is 0.198. The predicted octanol–water partition coefficient (Wildman–Crippen LogP) is 12.5. The summed E-state index contributed by atoms with van der Waals surface area (Å²) in [6.45, 7) is 11.0. The molecule has 0 N–H and O–H groups in total. The van der Waals surface area contributed by atoms with Crippen LogP contribution in [0.15, 0.2) is 223 Å². The fourth-order valence-corrected chi connectivity index (χ4v) is 9.18. The molecule has 0 saturated heterocycles. The smallest absolute Gasteiger partial charge is 0.0609 e. The molecule has 2 nitrogen and oxygen atoms in total. The molecule has 0 aromatic heterocycles. The van der Waals surface area contributed by atoms with Gasteiger partial charge >= 0.3 is 0 Å². The van der Waals surface area contributed by atoms with Crippen molar-refractivity contribution in [2.75, 3.05) is 9.80 Å². The maximum Gasteiger partial charge on any atom is 0.0609 e. The van der Waals surface area contributed by atoms with Gasteiger partial charge in [0.05, 0.1) is 11.7 Å². The first-order chi connectivity index (χ1) is 31.8. The lowest BCUT2D eigenvalue weighted by Crippen LogP contribution is -2.36. The van der Waals surface area contributed by atoms with Crippen LogP contribution in [0.3, 0.4) is 0 Å². The normalized spacial score (nSPS) is 16.3. The quantitative estimate of drug-likeness (QED) is 0.135. The maximum atomic E-state index is 2.50. The third-order valence-corrected chi connectivity index (χ3v) is 12.6. The Morgan fingerprint density at radius 1 is 0.523 bits per heavy atom. The van der Waals surface area contributed by atoms with Gasteiger partial charge in [-0.2, -0.15) is 0 Å². The molecule has 2 aliphatic rings. The van der Waals surface area contributed by atoms with Gasteiger partial charge in [0, 0.05) is 28.5 Å². The number of anilines is 2. The Morgan fingerprint density at radius 3 is 1.78 bits per heavy atom. The highest BCUT2D eigenvalue weighted by Crippen LogP contribution is 2.34. The van der Waals surface area contributed by atoms with Gasteiger partial charge in [-0.05, 0) is 145 Å². The average molecular weight is 843 g/mol. The number of rotatable bonds is 10. The topological polar surface area (TPSA) is 6.48 Å². The molecule has 0 spiro atoms. The van der Waals surface area contributed by atoms with E-state index in [9.17, 15) is 0 Å². The summed E-state index contributed by atoms with van der Waals surface area (Å²) < 4.78 is 0. The molecule has 0 bridgehead atoms. The summed E-state index contributed by atoms with van der Waals surface area (Å²) in [6.07, 6.45) is 19.3. The van der Waals surface area contributed by atoms with Gasteiger partial charge in [0.2, 0.25) is 0 Å². The molecule has 0 radical (unpaired) electrons. The van der Waals surface area contributed by atoms with Gasteiger partial charge in [0.25, 0.3) is 0 Å². The van der Waals surface area contributed by atoms with E-state index in [0.717, 1.165) is 35.7 Å². The molecule has 1 unspecified atom stereocenters. The summed E-state index contributed by atoms with van der Waals surface area (Å²) >= 11 is 0. The Hall–Kier alpha value is -7.42. The number of hydrogen-bond donors (Lipinski definition) is 0. The van der Waals surface area contributed by atoms with E-state index < -0.39 is 0 Å². The molecule has 0 heterocycles. The van der Waals surface area contributed by atoms with Gasteiger partial charge in [0.15, 0.2) is 0 Å². The van der Waals surface area contributed by atoms with Crippen LogP contribution in [0.1, 0.15) is 72.1 Å². The third-order valence-electron chi connectivity index (χ3n) is 12.6. The van der Waals surface area contributed by atoms with Crippen LogP contribution in [0.5, 0.6) is 0 Å². The number of benzene rings is 7. The van der Waals surface area contributed by atoms with Gasteiger partial charge in [-0.25, -0.2) is 0 Å². The average Bonchev–Trinajstić information content (AvgIpc) is 3.33. The molecule has 7 aromatic carbocycles. The lowest BCUT2D eigenvalue weighted by atomic mass is 9.92. The number of allylic oxidation sites excluding steroid dienone is 6. The molecule has 7 aromatic rings. The van der Waals surface area contributed by atoms with Crippen molar-refractivity contribution in [2.45, 2.75) is 59.9 Å². The van der Waals surface area contributed by atoms with E-state index in [4.69, 9.17) is 0 Å². The minimum Gasteiger partial charge on any atom is -0.340 e. The molecule has 0 aliphatic heterocycles. The summed E-state index contributed by atoms with van der Waals surface area (Å²) in [7, 11) is 0. The first-order valence-corrected chi connectivity index (χ1v) is 23.1. The first kappa shape index (κ1) is 42.9. The van der Waals surface area contributed by atoms with Gasteiger partial charge in [-0.15, -0.1) is 0 Å². The van der Waals surface area contributed by atoms with E-state index in [2.05, 4.69) is 263 Å². The predicted molar refractivity (Wildman–Crippen MR) is 277 cm³/mol. The van der Waals surface area contributed by atoms with E-state index in [1.54, 1.807) is 0 Å². The molecule has 0 amide bonds. The van der Waals surface area contributed by atoms with Gasteiger partial charge in [-0.3, -0.25) is 0 Å². The Balaban J connectivity index is 1.28. The van der Waals surface area contributed by atoms with Crippen molar-refractivity contribution >= 4 is 34.9 Å². The highest BCUT2D eigenvalue weighted by atomic mass is 15.2. The summed E-state index contributed by atoms with van der Waals surface area (Å²) in [5, 5.41) is 4.71. The van der Waals surface area contributed by atoms with E-state index in [0.29, 0.717) is 0 Å². The zero-order valence-corrected chi connectivity index (χ0v) is 38.4. The zero-order valence-electron chi connectivity index (χ0n) is 38.4. The van der Waals surface area contributed by atoms with E-state index in [1.807, 2.05) is 0 Å².